The van der Waals surface area contributed by atoms with E-state index in [1.54, 1.807) is 0 Å². The van der Waals surface area contributed by atoms with Crippen molar-refractivity contribution in [2.24, 2.45) is 11.8 Å². The van der Waals surface area contributed by atoms with E-state index >= 15 is 0 Å². The van der Waals surface area contributed by atoms with Gasteiger partial charge in [-0.1, -0.05) is 52.4 Å². The number of amides is 1. The van der Waals surface area contributed by atoms with Crippen LogP contribution in [-0.2, 0) is 4.79 Å². The van der Waals surface area contributed by atoms with Crippen molar-refractivity contribution < 1.29 is 4.79 Å². The lowest BCUT2D eigenvalue weighted by atomic mass is 9.97. The molecule has 0 saturated heterocycles. The normalized spacial score (nSPS) is 19.6. The van der Waals surface area contributed by atoms with Gasteiger partial charge < -0.3 is 5.32 Å². The fourth-order valence-corrected chi connectivity index (χ4v) is 3.28. The summed E-state index contributed by atoms with van der Waals surface area (Å²) in [5, 5.41) is 3.14. The molecule has 3 heteroatoms. The fraction of sp³-hybridized carbons (Fsp3) is 0.933. The van der Waals surface area contributed by atoms with Crippen LogP contribution in [0.15, 0.2) is 0 Å². The number of halogens is 1. The number of hydrogen-bond donors (Lipinski definition) is 1. The number of alkyl halides is 1. The predicted molar refractivity (Wildman–Crippen MR) is 77.9 cm³/mol. The van der Waals surface area contributed by atoms with E-state index in [1.807, 2.05) is 0 Å². The molecule has 2 nitrogen and oxygen atoms in total. The molecule has 0 aromatic heterocycles. The Morgan fingerprint density at radius 3 is 2.22 bits per heavy atom. The van der Waals surface area contributed by atoms with Gasteiger partial charge in [0.1, 0.15) is 0 Å². The monoisotopic (exact) mass is 273 g/mol. The Morgan fingerprint density at radius 2 is 1.72 bits per heavy atom. The van der Waals surface area contributed by atoms with Crippen molar-refractivity contribution in [2.75, 3.05) is 6.54 Å². The molecule has 0 aromatic carbocycles. The maximum atomic E-state index is 12.1. The highest BCUT2D eigenvalue weighted by Crippen LogP contribution is 2.23. The van der Waals surface area contributed by atoms with Crippen molar-refractivity contribution in [1.82, 2.24) is 5.32 Å². The van der Waals surface area contributed by atoms with Crippen molar-refractivity contribution in [3.8, 4) is 0 Å². The van der Waals surface area contributed by atoms with Crippen molar-refractivity contribution in [3.63, 3.8) is 0 Å². The quantitative estimate of drug-likeness (QED) is 0.572. The molecule has 0 aromatic rings. The third-order valence-corrected chi connectivity index (χ3v) is 4.77. The maximum absolute atomic E-state index is 12.1. The molecule has 0 heterocycles. The van der Waals surface area contributed by atoms with Gasteiger partial charge in [0.15, 0.2) is 0 Å². The molecule has 1 amide bonds. The van der Waals surface area contributed by atoms with Crippen LogP contribution in [0, 0.1) is 11.8 Å². The van der Waals surface area contributed by atoms with E-state index < -0.39 is 0 Å². The van der Waals surface area contributed by atoms with E-state index in [0.29, 0.717) is 12.5 Å². The molecule has 0 spiro atoms. The van der Waals surface area contributed by atoms with Crippen LogP contribution in [0.1, 0.15) is 65.2 Å². The van der Waals surface area contributed by atoms with Crippen LogP contribution in [0.3, 0.4) is 0 Å². The van der Waals surface area contributed by atoms with Gasteiger partial charge in [-0.25, -0.2) is 0 Å². The van der Waals surface area contributed by atoms with Crippen molar-refractivity contribution in [3.05, 3.63) is 0 Å². The third kappa shape index (κ3) is 5.17. The highest BCUT2D eigenvalue weighted by atomic mass is 35.5. The Bertz CT molecular complexity index is 233. The summed E-state index contributed by atoms with van der Waals surface area (Å²) in [6, 6.07) is 0. The first-order valence-electron chi connectivity index (χ1n) is 7.60. The van der Waals surface area contributed by atoms with E-state index in [0.717, 1.165) is 25.7 Å². The third-order valence-electron chi connectivity index (χ3n) is 4.26. The molecule has 1 unspecified atom stereocenters. The molecule has 1 fully saturated rings. The van der Waals surface area contributed by atoms with Gasteiger partial charge in [-0.2, -0.15) is 0 Å². The molecular formula is C15H28ClNO. The Balaban J connectivity index is 2.30. The van der Waals surface area contributed by atoms with E-state index in [-0.39, 0.29) is 17.2 Å². The average Bonchev–Trinajstić information content (AvgIpc) is 2.66. The first-order valence-corrected chi connectivity index (χ1v) is 8.04. The SMILES string of the molecule is CCC(CC)C(Cl)CNC(=O)C1CCCCCC1. The van der Waals surface area contributed by atoms with Crippen molar-refractivity contribution >= 4 is 17.5 Å². The summed E-state index contributed by atoms with van der Waals surface area (Å²) in [6.45, 7) is 4.95. The van der Waals surface area contributed by atoms with Crippen LogP contribution >= 0.6 is 11.6 Å². The number of carbonyl (C=O) groups is 1. The number of carbonyl (C=O) groups excluding carboxylic acids is 1. The topological polar surface area (TPSA) is 29.1 Å². The predicted octanol–water partition coefficient (Wildman–Crippen LogP) is 4.12. The molecule has 1 rings (SSSR count). The largest absolute Gasteiger partial charge is 0.354 e. The van der Waals surface area contributed by atoms with Gasteiger partial charge in [-0.15, -0.1) is 11.6 Å². The smallest absolute Gasteiger partial charge is 0.223 e. The van der Waals surface area contributed by atoms with E-state index in [2.05, 4.69) is 19.2 Å². The number of nitrogens with one attached hydrogen (secondary N) is 1. The molecule has 1 aliphatic carbocycles. The lowest BCUT2D eigenvalue weighted by molar-refractivity contribution is -0.125. The van der Waals surface area contributed by atoms with E-state index in [1.165, 1.54) is 25.7 Å². The first-order chi connectivity index (χ1) is 8.69. The van der Waals surface area contributed by atoms with Crippen LogP contribution in [0.5, 0.6) is 0 Å². The summed E-state index contributed by atoms with van der Waals surface area (Å²) in [7, 11) is 0. The van der Waals surface area contributed by atoms with E-state index in [4.69, 9.17) is 11.6 Å². The second kappa shape index (κ2) is 8.79. The lowest BCUT2D eigenvalue weighted by Gasteiger charge is -2.21. The summed E-state index contributed by atoms with van der Waals surface area (Å²) >= 11 is 6.35. The molecule has 0 bridgehead atoms. The fourth-order valence-electron chi connectivity index (χ4n) is 2.85. The van der Waals surface area contributed by atoms with Gasteiger partial charge in [0, 0.05) is 12.5 Å². The van der Waals surface area contributed by atoms with Gasteiger partial charge in [0.25, 0.3) is 0 Å². The Hall–Kier alpha value is -0.240. The molecule has 0 radical (unpaired) electrons. The average molecular weight is 274 g/mol. The molecule has 1 saturated carbocycles. The van der Waals surface area contributed by atoms with Gasteiger partial charge >= 0.3 is 0 Å². The molecule has 0 aliphatic heterocycles. The second-order valence-corrected chi connectivity index (χ2v) is 6.09. The zero-order valence-corrected chi connectivity index (χ0v) is 12.6. The molecule has 106 valence electrons. The molecular weight excluding hydrogens is 246 g/mol. The molecule has 1 N–H and O–H groups in total. The van der Waals surface area contributed by atoms with Crippen LogP contribution in [-0.4, -0.2) is 17.8 Å². The number of rotatable bonds is 6. The highest BCUT2D eigenvalue weighted by molar-refractivity contribution is 6.21. The zero-order chi connectivity index (χ0) is 13.4. The summed E-state index contributed by atoms with van der Waals surface area (Å²) in [4.78, 5) is 12.1. The highest BCUT2D eigenvalue weighted by Gasteiger charge is 2.22. The van der Waals surface area contributed by atoms with Gasteiger partial charge in [0.05, 0.1) is 5.38 Å². The Labute approximate surface area is 117 Å². The zero-order valence-electron chi connectivity index (χ0n) is 11.9. The van der Waals surface area contributed by atoms with Gasteiger partial charge in [0.2, 0.25) is 5.91 Å². The summed E-state index contributed by atoms with van der Waals surface area (Å²) in [5.74, 6) is 0.979. The van der Waals surface area contributed by atoms with Crippen molar-refractivity contribution in [1.29, 1.82) is 0 Å². The van der Waals surface area contributed by atoms with Crippen LogP contribution in [0.4, 0.5) is 0 Å². The summed E-state index contributed by atoms with van der Waals surface area (Å²) in [5.41, 5.74) is 0. The standard InChI is InChI=1S/C15H28ClNO/c1-3-12(4-2)14(16)11-17-15(18)13-9-7-5-6-8-10-13/h12-14H,3-11H2,1-2H3,(H,17,18). The minimum atomic E-state index is 0.0785. The van der Waals surface area contributed by atoms with Gasteiger partial charge in [-0.3, -0.25) is 4.79 Å². The van der Waals surface area contributed by atoms with Gasteiger partial charge in [-0.05, 0) is 18.8 Å². The minimum absolute atomic E-state index is 0.0785. The number of hydrogen-bond acceptors (Lipinski definition) is 1. The molecule has 18 heavy (non-hydrogen) atoms. The molecule has 1 atom stereocenters. The van der Waals surface area contributed by atoms with Crippen LogP contribution in [0.2, 0.25) is 0 Å². The van der Waals surface area contributed by atoms with E-state index in [9.17, 15) is 4.79 Å². The minimum Gasteiger partial charge on any atom is -0.354 e. The second-order valence-electron chi connectivity index (χ2n) is 5.53. The van der Waals surface area contributed by atoms with Crippen molar-refractivity contribution in [2.45, 2.75) is 70.6 Å². The lowest BCUT2D eigenvalue weighted by Crippen LogP contribution is -2.36. The summed E-state index contributed by atoms with van der Waals surface area (Å²) < 4.78 is 0. The van der Waals surface area contributed by atoms with Crippen LogP contribution in [0.25, 0.3) is 0 Å². The Kier molecular flexibility index (Phi) is 7.73. The van der Waals surface area contributed by atoms with Crippen LogP contribution < -0.4 is 5.32 Å². The first kappa shape index (κ1) is 15.8. The maximum Gasteiger partial charge on any atom is 0.223 e. The molecule has 1 aliphatic rings. The Morgan fingerprint density at radius 1 is 1.17 bits per heavy atom. The summed E-state index contributed by atoms with van der Waals surface area (Å²) in [6.07, 6.45) is 9.27.